The summed E-state index contributed by atoms with van der Waals surface area (Å²) in [7, 11) is 0. The number of pyridine rings is 2. The molecule has 0 aliphatic heterocycles. The fourth-order valence-electron chi connectivity index (χ4n) is 1.74. The molecule has 0 spiro atoms. The van der Waals surface area contributed by atoms with Crippen molar-refractivity contribution in [3.63, 3.8) is 0 Å². The molecule has 0 fully saturated rings. The normalized spacial score (nSPS) is 11.4. The van der Waals surface area contributed by atoms with Crippen LogP contribution in [0, 0.1) is 0 Å². The van der Waals surface area contributed by atoms with Crippen molar-refractivity contribution < 1.29 is 0 Å². The van der Waals surface area contributed by atoms with Gasteiger partial charge in [0.1, 0.15) is 0 Å². The van der Waals surface area contributed by atoms with Gasteiger partial charge in [-0.05, 0) is 37.6 Å². The maximum Gasteiger partial charge on any atom is 0.0626 e. The second-order valence-electron chi connectivity index (χ2n) is 3.98. The lowest BCUT2D eigenvalue weighted by atomic mass is 10.1. The molecule has 2 aromatic rings. The fraction of sp³-hybridized carbons (Fsp3) is 0.125. The summed E-state index contributed by atoms with van der Waals surface area (Å²) in [5, 5.41) is 0. The molecule has 2 heterocycles. The summed E-state index contributed by atoms with van der Waals surface area (Å²) in [5.41, 5.74) is 4.25. The van der Waals surface area contributed by atoms with Crippen LogP contribution in [0.3, 0.4) is 0 Å². The summed E-state index contributed by atoms with van der Waals surface area (Å²) in [5.74, 6) is 0. The SMILES string of the molecule is C/C=C/c1cncc(-c2ccc(/C=C/C)nc2)c1. The molecular weight excluding hydrogens is 220 g/mol. The van der Waals surface area contributed by atoms with Crippen LogP contribution in [0.2, 0.25) is 0 Å². The van der Waals surface area contributed by atoms with Crippen molar-refractivity contribution in [3.05, 3.63) is 60.2 Å². The number of nitrogens with zero attached hydrogens (tertiary/aromatic N) is 2. The number of allylic oxidation sites excluding steroid dienone is 2. The van der Waals surface area contributed by atoms with Crippen LogP contribution in [0.15, 0.2) is 48.9 Å². The first-order valence-electron chi connectivity index (χ1n) is 6.00. The van der Waals surface area contributed by atoms with Gasteiger partial charge in [-0.2, -0.15) is 0 Å². The Morgan fingerprint density at radius 1 is 0.889 bits per heavy atom. The summed E-state index contributed by atoms with van der Waals surface area (Å²) in [6, 6.07) is 6.19. The molecule has 0 radical (unpaired) electrons. The first kappa shape index (κ1) is 12.2. The third-order valence-electron chi connectivity index (χ3n) is 2.58. The molecular formula is C16H16N2. The number of aromatic nitrogens is 2. The highest BCUT2D eigenvalue weighted by Gasteiger charge is 1.99. The van der Waals surface area contributed by atoms with Crippen molar-refractivity contribution in [2.45, 2.75) is 13.8 Å². The molecule has 0 aliphatic rings. The van der Waals surface area contributed by atoms with Crippen molar-refractivity contribution >= 4 is 12.2 Å². The van der Waals surface area contributed by atoms with Gasteiger partial charge in [-0.3, -0.25) is 9.97 Å². The smallest absolute Gasteiger partial charge is 0.0626 e. The Balaban J connectivity index is 2.33. The van der Waals surface area contributed by atoms with Crippen molar-refractivity contribution in [2.75, 3.05) is 0 Å². The third kappa shape index (κ3) is 2.92. The van der Waals surface area contributed by atoms with E-state index in [1.165, 1.54) is 0 Å². The molecule has 2 nitrogen and oxygen atoms in total. The fourth-order valence-corrected chi connectivity index (χ4v) is 1.74. The van der Waals surface area contributed by atoms with Gasteiger partial charge in [0.15, 0.2) is 0 Å². The number of hydrogen-bond donors (Lipinski definition) is 0. The van der Waals surface area contributed by atoms with Gasteiger partial charge in [-0.25, -0.2) is 0 Å². The van der Waals surface area contributed by atoms with Crippen LogP contribution in [-0.4, -0.2) is 9.97 Å². The van der Waals surface area contributed by atoms with E-state index in [9.17, 15) is 0 Å². The van der Waals surface area contributed by atoms with Gasteiger partial charge >= 0.3 is 0 Å². The molecule has 0 aliphatic carbocycles. The van der Waals surface area contributed by atoms with E-state index in [1.807, 2.05) is 62.8 Å². The van der Waals surface area contributed by atoms with Gasteiger partial charge in [-0.15, -0.1) is 0 Å². The van der Waals surface area contributed by atoms with Crippen molar-refractivity contribution in [1.82, 2.24) is 9.97 Å². The number of rotatable bonds is 3. The Morgan fingerprint density at radius 2 is 1.72 bits per heavy atom. The highest BCUT2D eigenvalue weighted by atomic mass is 14.7. The van der Waals surface area contributed by atoms with E-state index >= 15 is 0 Å². The Morgan fingerprint density at radius 3 is 2.39 bits per heavy atom. The molecule has 0 atom stereocenters. The lowest BCUT2D eigenvalue weighted by Gasteiger charge is -2.02. The summed E-state index contributed by atoms with van der Waals surface area (Å²) in [4.78, 5) is 8.63. The first-order valence-corrected chi connectivity index (χ1v) is 6.00. The van der Waals surface area contributed by atoms with Crippen molar-refractivity contribution in [3.8, 4) is 11.1 Å². The lowest BCUT2D eigenvalue weighted by Crippen LogP contribution is -1.85. The predicted octanol–water partition coefficient (Wildman–Crippen LogP) is 4.21. The molecule has 18 heavy (non-hydrogen) atoms. The largest absolute Gasteiger partial charge is 0.263 e. The van der Waals surface area contributed by atoms with Crippen LogP contribution in [0.25, 0.3) is 23.3 Å². The summed E-state index contributed by atoms with van der Waals surface area (Å²) in [6.07, 6.45) is 13.6. The number of hydrogen-bond acceptors (Lipinski definition) is 2. The average molecular weight is 236 g/mol. The van der Waals surface area contributed by atoms with Gasteiger partial charge in [0.25, 0.3) is 0 Å². The molecule has 0 N–H and O–H groups in total. The van der Waals surface area contributed by atoms with Crippen molar-refractivity contribution in [2.24, 2.45) is 0 Å². The second kappa shape index (κ2) is 5.92. The lowest BCUT2D eigenvalue weighted by molar-refractivity contribution is 1.27. The second-order valence-corrected chi connectivity index (χ2v) is 3.98. The first-order chi connectivity index (χ1) is 8.83. The van der Waals surface area contributed by atoms with E-state index in [4.69, 9.17) is 0 Å². The highest BCUT2D eigenvalue weighted by molar-refractivity contribution is 5.66. The van der Waals surface area contributed by atoms with E-state index in [1.54, 1.807) is 0 Å². The van der Waals surface area contributed by atoms with E-state index < -0.39 is 0 Å². The quantitative estimate of drug-likeness (QED) is 0.797. The Bertz CT molecular complexity index is 566. The van der Waals surface area contributed by atoms with E-state index in [0.29, 0.717) is 0 Å². The zero-order valence-electron chi connectivity index (χ0n) is 10.7. The molecule has 0 saturated carbocycles. The molecule has 0 unspecified atom stereocenters. The van der Waals surface area contributed by atoms with Gasteiger partial charge in [0.05, 0.1) is 5.69 Å². The monoisotopic (exact) mass is 236 g/mol. The van der Waals surface area contributed by atoms with Crippen LogP contribution in [0.1, 0.15) is 25.1 Å². The summed E-state index contributed by atoms with van der Waals surface area (Å²) in [6.45, 7) is 3.99. The van der Waals surface area contributed by atoms with Crippen LogP contribution in [0.4, 0.5) is 0 Å². The van der Waals surface area contributed by atoms with Crippen LogP contribution >= 0.6 is 0 Å². The van der Waals surface area contributed by atoms with Gasteiger partial charge in [0.2, 0.25) is 0 Å². The van der Waals surface area contributed by atoms with Crippen LogP contribution in [-0.2, 0) is 0 Å². The molecule has 0 bridgehead atoms. The molecule has 90 valence electrons. The topological polar surface area (TPSA) is 25.8 Å². The highest BCUT2D eigenvalue weighted by Crippen LogP contribution is 2.19. The van der Waals surface area contributed by atoms with E-state index in [-0.39, 0.29) is 0 Å². The Labute approximate surface area is 108 Å². The van der Waals surface area contributed by atoms with Gasteiger partial charge < -0.3 is 0 Å². The molecule has 0 amide bonds. The van der Waals surface area contributed by atoms with Crippen LogP contribution in [0.5, 0.6) is 0 Å². The Kier molecular flexibility index (Phi) is 4.02. The summed E-state index contributed by atoms with van der Waals surface area (Å²) < 4.78 is 0. The minimum Gasteiger partial charge on any atom is -0.263 e. The van der Waals surface area contributed by atoms with Gasteiger partial charge in [-0.1, -0.05) is 24.3 Å². The molecule has 2 rings (SSSR count). The zero-order chi connectivity index (χ0) is 12.8. The minimum atomic E-state index is 0.971. The standard InChI is InChI=1S/C16H16N2/c1-3-5-13-9-15(11-17-10-13)14-7-8-16(6-4-2)18-12-14/h3-12H,1-2H3/b5-3+,6-4+. The van der Waals surface area contributed by atoms with E-state index in [0.717, 1.165) is 22.4 Å². The predicted molar refractivity (Wildman–Crippen MR) is 76.9 cm³/mol. The van der Waals surface area contributed by atoms with E-state index in [2.05, 4.69) is 22.1 Å². The third-order valence-corrected chi connectivity index (χ3v) is 2.58. The summed E-state index contributed by atoms with van der Waals surface area (Å²) >= 11 is 0. The van der Waals surface area contributed by atoms with Crippen LogP contribution < -0.4 is 0 Å². The molecule has 2 aromatic heterocycles. The average Bonchev–Trinajstić information content (AvgIpc) is 2.41. The zero-order valence-corrected chi connectivity index (χ0v) is 10.7. The molecule has 0 saturated heterocycles. The maximum atomic E-state index is 4.39. The maximum absolute atomic E-state index is 4.39. The van der Waals surface area contributed by atoms with Gasteiger partial charge in [0, 0.05) is 29.7 Å². The molecule has 0 aromatic carbocycles. The Hall–Kier alpha value is -2.22. The minimum absolute atomic E-state index is 0.971. The van der Waals surface area contributed by atoms with Crippen molar-refractivity contribution in [1.29, 1.82) is 0 Å². The molecule has 2 heteroatoms.